The van der Waals surface area contributed by atoms with Crippen LogP contribution >= 0.6 is 11.3 Å². The molecule has 2 aliphatic carbocycles. The second kappa shape index (κ2) is 5.83. The highest BCUT2D eigenvalue weighted by molar-refractivity contribution is 7.13. The summed E-state index contributed by atoms with van der Waals surface area (Å²) in [5, 5.41) is 10.8. The number of aliphatic carboxylic acids is 1. The number of fused-ring (bicyclic) bond motifs is 1. The molecule has 130 valence electrons. The predicted molar refractivity (Wildman–Crippen MR) is 91.4 cm³/mol. The first-order chi connectivity index (χ1) is 11.5. The third-order valence-electron chi connectivity index (χ3n) is 6.30. The van der Waals surface area contributed by atoms with Gasteiger partial charge in [-0.25, -0.2) is 4.98 Å². The molecule has 5 nitrogen and oxygen atoms in total. The molecule has 24 heavy (non-hydrogen) atoms. The van der Waals surface area contributed by atoms with Crippen molar-refractivity contribution in [1.29, 1.82) is 0 Å². The molecule has 0 unspecified atom stereocenters. The molecule has 3 aliphatic rings. The van der Waals surface area contributed by atoms with Crippen molar-refractivity contribution in [3.63, 3.8) is 0 Å². The van der Waals surface area contributed by atoms with Gasteiger partial charge in [0.1, 0.15) is 4.88 Å². The fraction of sp³-hybridized carbons (Fsp3) is 0.722. The highest BCUT2D eigenvalue weighted by atomic mass is 32.1. The number of hydrogen-bond donors (Lipinski definition) is 1. The number of carboxylic acids is 1. The van der Waals surface area contributed by atoms with Crippen LogP contribution in [-0.4, -0.2) is 40.0 Å². The van der Waals surface area contributed by atoms with E-state index in [-0.39, 0.29) is 11.8 Å². The van der Waals surface area contributed by atoms with Gasteiger partial charge in [0, 0.05) is 19.0 Å². The minimum atomic E-state index is -0.729. The average Bonchev–Trinajstić information content (AvgIpc) is 3.29. The molecule has 2 heterocycles. The number of hydrogen-bond acceptors (Lipinski definition) is 4. The third-order valence-corrected chi connectivity index (χ3v) is 7.60. The van der Waals surface area contributed by atoms with E-state index in [1.807, 2.05) is 6.92 Å². The highest BCUT2D eigenvalue weighted by Gasteiger charge is 2.56. The minimum Gasteiger partial charge on any atom is -0.481 e. The summed E-state index contributed by atoms with van der Waals surface area (Å²) in [5.41, 5.74) is 0.107. The molecule has 1 aliphatic heterocycles. The Labute approximate surface area is 146 Å². The summed E-state index contributed by atoms with van der Waals surface area (Å²) in [5.74, 6) is -0.114. The van der Waals surface area contributed by atoms with Crippen molar-refractivity contribution in [1.82, 2.24) is 9.88 Å². The molecular formula is C18H24N2O3S. The van der Waals surface area contributed by atoms with Crippen LogP contribution in [0, 0.1) is 18.3 Å². The lowest BCUT2D eigenvalue weighted by atomic mass is 9.81. The van der Waals surface area contributed by atoms with Gasteiger partial charge in [-0.2, -0.15) is 0 Å². The lowest BCUT2D eigenvalue weighted by Gasteiger charge is -2.23. The van der Waals surface area contributed by atoms with Crippen molar-refractivity contribution in [2.75, 3.05) is 13.1 Å². The maximum atomic E-state index is 13.0. The average molecular weight is 348 g/mol. The molecule has 0 spiro atoms. The molecule has 0 radical (unpaired) electrons. The molecule has 4 rings (SSSR count). The Morgan fingerprint density at radius 1 is 1.25 bits per heavy atom. The standard InChI is InChI=1S/C18H24N2O3S/c1-11-14(24-15(19-11)12-5-2-3-6-12)16(21)20-9-13-7-4-8-18(13,10-20)17(22)23/h12-13H,2-10H2,1H3,(H,22,23)/t13-,18+/m0/s1. The van der Waals surface area contributed by atoms with Crippen LogP contribution in [0.2, 0.25) is 0 Å². The molecule has 1 N–H and O–H groups in total. The first kappa shape index (κ1) is 16.1. The van der Waals surface area contributed by atoms with Crippen LogP contribution in [0.1, 0.15) is 71.2 Å². The number of carboxylic acid groups (broad SMARTS) is 1. The van der Waals surface area contributed by atoms with Crippen LogP contribution in [0.15, 0.2) is 0 Å². The Morgan fingerprint density at radius 2 is 2.00 bits per heavy atom. The molecule has 2 saturated carbocycles. The van der Waals surface area contributed by atoms with Crippen LogP contribution in [0.4, 0.5) is 0 Å². The van der Waals surface area contributed by atoms with E-state index in [9.17, 15) is 14.7 Å². The minimum absolute atomic E-state index is 0.00993. The fourth-order valence-electron chi connectivity index (χ4n) is 4.90. The molecular weight excluding hydrogens is 324 g/mol. The Kier molecular flexibility index (Phi) is 3.90. The van der Waals surface area contributed by atoms with E-state index < -0.39 is 11.4 Å². The normalized spacial score (nSPS) is 30.0. The summed E-state index contributed by atoms with van der Waals surface area (Å²) in [6.45, 7) is 2.86. The van der Waals surface area contributed by atoms with E-state index >= 15 is 0 Å². The number of aryl methyl sites for hydroxylation is 1. The van der Waals surface area contributed by atoms with Crippen LogP contribution in [0.5, 0.6) is 0 Å². The summed E-state index contributed by atoms with van der Waals surface area (Å²) in [6, 6.07) is 0. The van der Waals surface area contributed by atoms with Gasteiger partial charge in [-0.05, 0) is 38.5 Å². The Bertz CT molecular complexity index is 680. The SMILES string of the molecule is Cc1nc(C2CCCC2)sc1C(=O)N1C[C@@H]2CCC[C@@]2(C(=O)O)C1. The van der Waals surface area contributed by atoms with Gasteiger partial charge in [0.05, 0.1) is 16.1 Å². The Hall–Kier alpha value is -1.43. The van der Waals surface area contributed by atoms with E-state index in [0.29, 0.717) is 25.4 Å². The smallest absolute Gasteiger partial charge is 0.311 e. The lowest BCUT2D eigenvalue weighted by molar-refractivity contribution is -0.149. The second-order valence-corrected chi connectivity index (χ2v) is 8.71. The zero-order valence-electron chi connectivity index (χ0n) is 14.1. The zero-order valence-corrected chi connectivity index (χ0v) is 14.9. The van der Waals surface area contributed by atoms with Gasteiger partial charge in [0.15, 0.2) is 0 Å². The number of likely N-dealkylation sites (tertiary alicyclic amines) is 1. The molecule has 1 aromatic heterocycles. The molecule has 2 atom stereocenters. The van der Waals surface area contributed by atoms with Crippen LogP contribution in [-0.2, 0) is 4.79 Å². The summed E-state index contributed by atoms with van der Waals surface area (Å²) in [4.78, 5) is 32.0. The van der Waals surface area contributed by atoms with Gasteiger partial charge >= 0.3 is 5.97 Å². The van der Waals surface area contributed by atoms with Crippen LogP contribution in [0.25, 0.3) is 0 Å². The number of aromatic nitrogens is 1. The van der Waals surface area contributed by atoms with Gasteiger partial charge in [0.25, 0.3) is 5.91 Å². The van der Waals surface area contributed by atoms with E-state index in [0.717, 1.165) is 28.4 Å². The summed E-state index contributed by atoms with van der Waals surface area (Å²) < 4.78 is 0. The topological polar surface area (TPSA) is 70.5 Å². The monoisotopic (exact) mass is 348 g/mol. The van der Waals surface area contributed by atoms with Crippen molar-refractivity contribution < 1.29 is 14.7 Å². The number of carbonyl (C=O) groups excluding carboxylic acids is 1. The van der Waals surface area contributed by atoms with E-state index in [2.05, 4.69) is 4.98 Å². The van der Waals surface area contributed by atoms with E-state index in [1.165, 1.54) is 37.0 Å². The van der Waals surface area contributed by atoms with Crippen molar-refractivity contribution in [2.45, 2.75) is 57.8 Å². The van der Waals surface area contributed by atoms with Gasteiger partial charge in [-0.1, -0.05) is 19.3 Å². The number of carbonyl (C=O) groups is 2. The van der Waals surface area contributed by atoms with Crippen molar-refractivity contribution in [3.8, 4) is 0 Å². The molecule has 1 amide bonds. The van der Waals surface area contributed by atoms with Crippen LogP contribution < -0.4 is 0 Å². The Morgan fingerprint density at radius 3 is 2.67 bits per heavy atom. The van der Waals surface area contributed by atoms with E-state index in [1.54, 1.807) is 4.90 Å². The number of amides is 1. The fourth-order valence-corrected chi connectivity index (χ4v) is 6.10. The third kappa shape index (κ3) is 2.38. The summed E-state index contributed by atoms with van der Waals surface area (Å²) in [6.07, 6.45) is 7.44. The van der Waals surface area contributed by atoms with Crippen molar-refractivity contribution in [2.24, 2.45) is 11.3 Å². The molecule has 0 aromatic carbocycles. The summed E-state index contributed by atoms with van der Waals surface area (Å²) in [7, 11) is 0. The van der Waals surface area contributed by atoms with Crippen molar-refractivity contribution in [3.05, 3.63) is 15.6 Å². The quantitative estimate of drug-likeness (QED) is 0.908. The summed E-state index contributed by atoms with van der Waals surface area (Å²) >= 11 is 1.54. The van der Waals surface area contributed by atoms with Crippen molar-refractivity contribution >= 4 is 23.2 Å². The number of rotatable bonds is 3. The predicted octanol–water partition coefficient (Wildman–Crippen LogP) is 3.44. The maximum Gasteiger partial charge on any atom is 0.311 e. The largest absolute Gasteiger partial charge is 0.481 e. The van der Waals surface area contributed by atoms with Gasteiger partial charge < -0.3 is 10.0 Å². The Balaban J connectivity index is 1.55. The highest BCUT2D eigenvalue weighted by Crippen LogP contribution is 2.49. The second-order valence-electron chi connectivity index (χ2n) is 7.68. The first-order valence-corrected chi connectivity index (χ1v) is 9.83. The number of nitrogens with zero attached hydrogens (tertiary/aromatic N) is 2. The number of thiazole rings is 1. The lowest BCUT2D eigenvalue weighted by Crippen LogP contribution is -2.37. The van der Waals surface area contributed by atoms with Crippen LogP contribution in [0.3, 0.4) is 0 Å². The van der Waals surface area contributed by atoms with Gasteiger partial charge in [-0.3, -0.25) is 9.59 Å². The molecule has 1 aromatic rings. The molecule has 0 bridgehead atoms. The zero-order chi connectivity index (χ0) is 16.9. The maximum absolute atomic E-state index is 13.0. The van der Waals surface area contributed by atoms with Gasteiger partial charge in [0.2, 0.25) is 0 Å². The van der Waals surface area contributed by atoms with E-state index in [4.69, 9.17) is 0 Å². The molecule has 6 heteroatoms. The molecule has 3 fully saturated rings. The first-order valence-electron chi connectivity index (χ1n) is 9.01. The molecule has 1 saturated heterocycles. The van der Waals surface area contributed by atoms with Gasteiger partial charge in [-0.15, -0.1) is 11.3 Å².